The minimum Gasteiger partial charge on any atom is -0.345 e. The van der Waals surface area contributed by atoms with Gasteiger partial charge >= 0.3 is 0 Å². The average Bonchev–Trinajstić information content (AvgIpc) is 2.94. The fourth-order valence-corrected chi connectivity index (χ4v) is 4.05. The molecule has 3 nitrogen and oxygen atoms in total. The lowest BCUT2D eigenvalue weighted by molar-refractivity contribution is 0.0955. The van der Waals surface area contributed by atoms with Crippen LogP contribution in [0.15, 0.2) is 20.5 Å². The Bertz CT molecular complexity index is 546. The minimum atomic E-state index is -0.0698. The third kappa shape index (κ3) is 3.40. The van der Waals surface area contributed by atoms with E-state index in [2.05, 4.69) is 49.1 Å². The highest BCUT2D eigenvalue weighted by molar-refractivity contribution is 9.13. The predicted molar refractivity (Wildman–Crippen MR) is 82.4 cm³/mol. The lowest BCUT2D eigenvalue weighted by atomic mass is 10.4. The first-order valence-corrected chi connectivity index (χ1v) is 8.48. The van der Waals surface area contributed by atoms with Crippen molar-refractivity contribution >= 4 is 60.4 Å². The summed E-state index contributed by atoms with van der Waals surface area (Å²) in [6.45, 7) is 2.58. The summed E-state index contributed by atoms with van der Waals surface area (Å²) in [5.41, 5.74) is 0. The Labute approximate surface area is 130 Å². The molecule has 0 aromatic carbocycles. The Morgan fingerprint density at radius 3 is 2.78 bits per heavy atom. The third-order valence-corrected chi connectivity index (χ3v) is 6.62. The van der Waals surface area contributed by atoms with Crippen molar-refractivity contribution in [2.75, 3.05) is 0 Å². The van der Waals surface area contributed by atoms with Crippen molar-refractivity contribution in [1.82, 2.24) is 10.3 Å². The van der Waals surface area contributed by atoms with Crippen LogP contribution >= 0.6 is 54.5 Å². The standard InChI is InChI=1S/C11H10Br2N2OS2/c1-2-6-4-14-9(17-6)5-15-11(16)8-3-7(12)10(13)18-8/h3-4H,2,5H2,1H3,(H,15,16). The molecule has 0 spiro atoms. The number of thiazole rings is 1. The largest absolute Gasteiger partial charge is 0.345 e. The summed E-state index contributed by atoms with van der Waals surface area (Å²) in [5, 5.41) is 3.81. The molecular weight excluding hydrogens is 400 g/mol. The van der Waals surface area contributed by atoms with Crippen molar-refractivity contribution in [3.8, 4) is 0 Å². The molecule has 0 aliphatic carbocycles. The summed E-state index contributed by atoms with van der Waals surface area (Å²) in [7, 11) is 0. The molecule has 2 heterocycles. The second-order valence-electron chi connectivity index (χ2n) is 3.49. The van der Waals surface area contributed by atoms with Gasteiger partial charge in [0.2, 0.25) is 0 Å². The van der Waals surface area contributed by atoms with Crippen LogP contribution in [0.5, 0.6) is 0 Å². The number of rotatable bonds is 4. The molecule has 0 bridgehead atoms. The zero-order chi connectivity index (χ0) is 13.1. The number of halogens is 2. The van der Waals surface area contributed by atoms with Gasteiger partial charge in [-0.05, 0) is 44.3 Å². The second-order valence-corrected chi connectivity index (χ2v) is 7.91. The van der Waals surface area contributed by atoms with E-state index in [-0.39, 0.29) is 5.91 Å². The van der Waals surface area contributed by atoms with E-state index in [1.165, 1.54) is 16.2 Å². The summed E-state index contributed by atoms with van der Waals surface area (Å²) in [6.07, 6.45) is 2.85. The van der Waals surface area contributed by atoms with Crippen LogP contribution in [0.3, 0.4) is 0 Å². The number of aromatic nitrogens is 1. The number of hydrogen-bond acceptors (Lipinski definition) is 4. The highest BCUT2D eigenvalue weighted by Gasteiger charge is 2.12. The number of hydrogen-bond donors (Lipinski definition) is 1. The molecule has 0 saturated heterocycles. The number of carbonyl (C=O) groups is 1. The highest BCUT2D eigenvalue weighted by atomic mass is 79.9. The second kappa shape index (κ2) is 6.27. The summed E-state index contributed by atoms with van der Waals surface area (Å²) < 4.78 is 1.83. The SMILES string of the molecule is CCc1cnc(CNC(=O)c2cc(Br)c(Br)s2)s1. The number of nitrogens with one attached hydrogen (secondary N) is 1. The lowest BCUT2D eigenvalue weighted by Gasteiger charge is -1.99. The summed E-state index contributed by atoms with van der Waals surface area (Å²) in [6, 6.07) is 1.81. The Kier molecular flexibility index (Phi) is 4.94. The summed E-state index contributed by atoms with van der Waals surface area (Å²) in [5.74, 6) is -0.0698. The Hall–Kier alpha value is -0.240. The van der Waals surface area contributed by atoms with E-state index < -0.39 is 0 Å². The van der Waals surface area contributed by atoms with Gasteiger partial charge < -0.3 is 5.32 Å². The number of carbonyl (C=O) groups excluding carboxylic acids is 1. The topological polar surface area (TPSA) is 42.0 Å². The number of thiophene rings is 1. The number of amides is 1. The van der Waals surface area contributed by atoms with Gasteiger partial charge in [-0.1, -0.05) is 6.92 Å². The zero-order valence-electron chi connectivity index (χ0n) is 9.50. The van der Waals surface area contributed by atoms with Gasteiger partial charge in [0.15, 0.2) is 0 Å². The first-order chi connectivity index (χ1) is 8.60. The molecule has 7 heteroatoms. The van der Waals surface area contributed by atoms with E-state index in [0.717, 1.165) is 19.7 Å². The van der Waals surface area contributed by atoms with Gasteiger partial charge in [0.05, 0.1) is 15.2 Å². The van der Waals surface area contributed by atoms with Crippen LogP contribution in [0, 0.1) is 0 Å². The fraction of sp³-hybridized carbons (Fsp3) is 0.273. The van der Waals surface area contributed by atoms with Crippen LogP contribution in [0.4, 0.5) is 0 Å². The highest BCUT2D eigenvalue weighted by Crippen LogP contribution is 2.32. The smallest absolute Gasteiger partial charge is 0.261 e. The Morgan fingerprint density at radius 2 is 2.22 bits per heavy atom. The molecule has 0 unspecified atom stereocenters. The molecule has 0 radical (unpaired) electrons. The van der Waals surface area contributed by atoms with Crippen LogP contribution in [-0.2, 0) is 13.0 Å². The third-order valence-electron chi connectivity index (χ3n) is 2.22. The maximum atomic E-state index is 11.9. The Morgan fingerprint density at radius 1 is 1.44 bits per heavy atom. The molecule has 0 aliphatic rings. The number of nitrogens with zero attached hydrogens (tertiary/aromatic N) is 1. The van der Waals surface area contributed by atoms with Crippen LogP contribution < -0.4 is 5.32 Å². The molecule has 0 aliphatic heterocycles. The van der Waals surface area contributed by atoms with Crippen LogP contribution in [0.25, 0.3) is 0 Å². The maximum Gasteiger partial charge on any atom is 0.261 e. The maximum absolute atomic E-state index is 11.9. The summed E-state index contributed by atoms with van der Waals surface area (Å²) in [4.78, 5) is 18.1. The van der Waals surface area contributed by atoms with Crippen molar-refractivity contribution < 1.29 is 4.79 Å². The fourth-order valence-electron chi connectivity index (χ4n) is 1.29. The number of aryl methyl sites for hydroxylation is 1. The molecule has 0 atom stereocenters. The van der Waals surface area contributed by atoms with Gasteiger partial charge in [-0.15, -0.1) is 22.7 Å². The van der Waals surface area contributed by atoms with Gasteiger partial charge in [0.1, 0.15) is 5.01 Å². The van der Waals surface area contributed by atoms with Crippen molar-refractivity contribution in [1.29, 1.82) is 0 Å². The van der Waals surface area contributed by atoms with E-state index in [1.807, 2.05) is 12.3 Å². The summed E-state index contributed by atoms with van der Waals surface area (Å²) >= 11 is 9.79. The van der Waals surface area contributed by atoms with E-state index in [1.54, 1.807) is 11.3 Å². The van der Waals surface area contributed by atoms with Crippen molar-refractivity contribution in [3.63, 3.8) is 0 Å². The van der Waals surface area contributed by atoms with Gasteiger partial charge in [-0.2, -0.15) is 0 Å². The average molecular weight is 410 g/mol. The molecular formula is C11H10Br2N2OS2. The Balaban J connectivity index is 1.95. The van der Waals surface area contributed by atoms with Gasteiger partial charge in [0.25, 0.3) is 5.91 Å². The normalized spacial score (nSPS) is 10.6. The monoisotopic (exact) mass is 408 g/mol. The van der Waals surface area contributed by atoms with Gasteiger partial charge in [-0.25, -0.2) is 4.98 Å². The lowest BCUT2D eigenvalue weighted by Crippen LogP contribution is -2.21. The first-order valence-electron chi connectivity index (χ1n) is 5.26. The first kappa shape index (κ1) is 14.2. The van der Waals surface area contributed by atoms with E-state index in [4.69, 9.17) is 0 Å². The molecule has 2 aromatic rings. The van der Waals surface area contributed by atoms with Crippen LogP contribution in [0.2, 0.25) is 0 Å². The minimum absolute atomic E-state index is 0.0698. The zero-order valence-corrected chi connectivity index (χ0v) is 14.3. The quantitative estimate of drug-likeness (QED) is 0.821. The molecule has 18 heavy (non-hydrogen) atoms. The molecule has 2 rings (SSSR count). The molecule has 0 saturated carbocycles. The van der Waals surface area contributed by atoms with E-state index in [0.29, 0.717) is 11.4 Å². The van der Waals surface area contributed by atoms with Crippen LogP contribution in [0.1, 0.15) is 26.5 Å². The van der Waals surface area contributed by atoms with Gasteiger partial charge in [0, 0.05) is 15.5 Å². The van der Waals surface area contributed by atoms with E-state index in [9.17, 15) is 4.79 Å². The molecule has 1 amide bonds. The van der Waals surface area contributed by atoms with Crippen LogP contribution in [-0.4, -0.2) is 10.9 Å². The van der Waals surface area contributed by atoms with Gasteiger partial charge in [-0.3, -0.25) is 4.79 Å². The van der Waals surface area contributed by atoms with Crippen molar-refractivity contribution in [2.45, 2.75) is 19.9 Å². The molecule has 1 N–H and O–H groups in total. The molecule has 2 aromatic heterocycles. The molecule has 0 fully saturated rings. The van der Waals surface area contributed by atoms with Crippen molar-refractivity contribution in [3.05, 3.63) is 35.3 Å². The van der Waals surface area contributed by atoms with Crippen molar-refractivity contribution in [2.24, 2.45) is 0 Å². The predicted octanol–water partition coefficient (Wildman–Crippen LogP) is 4.22. The molecule has 96 valence electrons. The van der Waals surface area contributed by atoms with E-state index >= 15 is 0 Å².